The van der Waals surface area contributed by atoms with Crippen LogP contribution in [0.25, 0.3) is 99.8 Å². The predicted molar refractivity (Wildman–Crippen MR) is 199 cm³/mol. The van der Waals surface area contributed by atoms with Gasteiger partial charge in [-0.3, -0.25) is 0 Å². The zero-order chi connectivity index (χ0) is 32.3. The molecule has 0 saturated heterocycles. The number of pyridine rings is 1. The van der Waals surface area contributed by atoms with E-state index < -0.39 is 0 Å². The van der Waals surface area contributed by atoms with Crippen molar-refractivity contribution in [3.8, 4) is 45.3 Å². The van der Waals surface area contributed by atoms with Gasteiger partial charge in [-0.1, -0.05) is 127 Å². The summed E-state index contributed by atoms with van der Waals surface area (Å²) in [6.45, 7) is 0. The monoisotopic (exact) mass is 626 g/mol. The number of rotatable bonds is 4. The normalized spacial score (nSPS) is 11.7. The van der Waals surface area contributed by atoms with E-state index in [9.17, 15) is 0 Å². The van der Waals surface area contributed by atoms with Gasteiger partial charge in [-0.25, -0.2) is 19.9 Å². The SMILES string of the molecule is c1ccc(-c2nc(-c3ccc4ccccc4c3)nc(-c3ccc4c(-c5cccc6oc7cc8ccccc8nc7c56)cccc4c3)n2)cc1. The van der Waals surface area contributed by atoms with E-state index in [1.807, 2.05) is 54.6 Å². The summed E-state index contributed by atoms with van der Waals surface area (Å²) in [5.74, 6) is 1.91. The van der Waals surface area contributed by atoms with Crippen LogP contribution in [0.4, 0.5) is 0 Å². The van der Waals surface area contributed by atoms with Crippen molar-refractivity contribution in [1.82, 2.24) is 19.9 Å². The molecule has 3 aromatic heterocycles. The Balaban J connectivity index is 1.14. The molecule has 0 radical (unpaired) electrons. The highest BCUT2D eigenvalue weighted by molar-refractivity contribution is 6.15. The molecule has 5 nitrogen and oxygen atoms in total. The number of fused-ring (bicyclic) bond motifs is 6. The molecule has 49 heavy (non-hydrogen) atoms. The summed E-state index contributed by atoms with van der Waals surface area (Å²) in [6, 6.07) is 54.1. The van der Waals surface area contributed by atoms with Gasteiger partial charge in [0.25, 0.3) is 0 Å². The number of hydrogen-bond donors (Lipinski definition) is 0. The van der Waals surface area contributed by atoms with Gasteiger partial charge in [0.2, 0.25) is 0 Å². The van der Waals surface area contributed by atoms with E-state index in [2.05, 4.69) is 103 Å². The Kier molecular flexibility index (Phi) is 6.11. The lowest BCUT2D eigenvalue weighted by molar-refractivity contribution is 0.669. The van der Waals surface area contributed by atoms with Crippen molar-refractivity contribution in [2.45, 2.75) is 0 Å². The van der Waals surface area contributed by atoms with Crippen molar-refractivity contribution in [3.63, 3.8) is 0 Å². The third-order valence-electron chi connectivity index (χ3n) is 9.28. The summed E-state index contributed by atoms with van der Waals surface area (Å²) < 4.78 is 6.35. The van der Waals surface area contributed by atoms with Gasteiger partial charge >= 0.3 is 0 Å². The van der Waals surface area contributed by atoms with E-state index in [4.69, 9.17) is 24.4 Å². The first-order valence-electron chi connectivity index (χ1n) is 16.3. The van der Waals surface area contributed by atoms with Crippen molar-refractivity contribution in [2.24, 2.45) is 0 Å². The summed E-state index contributed by atoms with van der Waals surface area (Å²) in [5.41, 5.74) is 8.45. The van der Waals surface area contributed by atoms with Crippen molar-refractivity contribution in [3.05, 3.63) is 158 Å². The van der Waals surface area contributed by atoms with Crippen molar-refractivity contribution < 1.29 is 4.42 Å². The Morgan fingerprint density at radius 2 is 1.00 bits per heavy atom. The lowest BCUT2D eigenvalue weighted by Crippen LogP contribution is -2.00. The number of aromatic nitrogens is 4. The molecular formula is C44H26N4O. The first kappa shape index (κ1) is 27.4. The Morgan fingerprint density at radius 1 is 0.367 bits per heavy atom. The number of nitrogens with zero attached hydrogens (tertiary/aromatic N) is 4. The molecule has 0 unspecified atom stereocenters. The highest BCUT2D eigenvalue weighted by atomic mass is 16.3. The summed E-state index contributed by atoms with van der Waals surface area (Å²) in [4.78, 5) is 20.0. The van der Waals surface area contributed by atoms with Crippen LogP contribution in [0.5, 0.6) is 0 Å². The molecule has 0 bridgehead atoms. The second-order valence-corrected chi connectivity index (χ2v) is 12.3. The average molecular weight is 627 g/mol. The van der Waals surface area contributed by atoms with Gasteiger partial charge in [0.15, 0.2) is 23.1 Å². The van der Waals surface area contributed by atoms with Gasteiger partial charge in [0, 0.05) is 22.1 Å². The van der Waals surface area contributed by atoms with Crippen molar-refractivity contribution >= 4 is 54.5 Å². The summed E-state index contributed by atoms with van der Waals surface area (Å²) in [6.07, 6.45) is 0. The molecule has 0 aliphatic carbocycles. The molecule has 10 aromatic rings. The third kappa shape index (κ3) is 4.63. The smallest absolute Gasteiger partial charge is 0.164 e. The predicted octanol–water partition coefficient (Wildman–Crippen LogP) is 11.3. The van der Waals surface area contributed by atoms with Gasteiger partial charge in [0.05, 0.1) is 10.9 Å². The van der Waals surface area contributed by atoms with Crippen LogP contribution < -0.4 is 0 Å². The summed E-state index contributed by atoms with van der Waals surface area (Å²) in [7, 11) is 0. The number of furan rings is 1. The van der Waals surface area contributed by atoms with Crippen LogP contribution in [0, 0.1) is 0 Å². The van der Waals surface area contributed by atoms with Gasteiger partial charge in [-0.2, -0.15) is 0 Å². The second kappa shape index (κ2) is 10.9. The summed E-state index contributed by atoms with van der Waals surface area (Å²) in [5, 5.41) is 6.62. The standard InChI is InChI=1S/C44H26N4O/c1-2-11-28(12-3-1)42-46-43(32-21-20-27-10-4-5-13-29(27)24-32)48-44(47-42)33-22-23-34-30(25-33)15-8-16-35(34)36-17-9-19-38-40(36)41-39(49-38)26-31-14-6-7-18-37(31)45-41/h1-26H. The fourth-order valence-electron chi connectivity index (χ4n) is 6.89. The third-order valence-corrected chi connectivity index (χ3v) is 9.28. The minimum absolute atomic E-state index is 0.628. The van der Waals surface area contributed by atoms with E-state index in [1.165, 1.54) is 5.39 Å². The van der Waals surface area contributed by atoms with E-state index in [0.29, 0.717) is 17.5 Å². The number of hydrogen-bond acceptors (Lipinski definition) is 5. The van der Waals surface area contributed by atoms with E-state index >= 15 is 0 Å². The molecule has 0 fully saturated rings. The fraction of sp³-hybridized carbons (Fsp3) is 0. The fourth-order valence-corrected chi connectivity index (χ4v) is 6.89. The molecule has 0 aliphatic rings. The van der Waals surface area contributed by atoms with Crippen LogP contribution in [0.3, 0.4) is 0 Å². The minimum Gasteiger partial charge on any atom is -0.454 e. The molecule has 7 aromatic carbocycles. The second-order valence-electron chi connectivity index (χ2n) is 12.3. The minimum atomic E-state index is 0.628. The average Bonchev–Trinajstić information content (AvgIpc) is 3.54. The molecule has 0 N–H and O–H groups in total. The molecule has 0 spiro atoms. The quantitative estimate of drug-likeness (QED) is 0.194. The maximum Gasteiger partial charge on any atom is 0.164 e. The first-order chi connectivity index (χ1) is 24.2. The van der Waals surface area contributed by atoms with Crippen molar-refractivity contribution in [1.29, 1.82) is 0 Å². The highest BCUT2D eigenvalue weighted by Gasteiger charge is 2.18. The van der Waals surface area contributed by atoms with Crippen LogP contribution in [0.2, 0.25) is 0 Å². The lowest BCUT2D eigenvalue weighted by Gasteiger charge is -2.11. The molecule has 10 rings (SSSR count). The Labute approximate surface area is 281 Å². The van der Waals surface area contributed by atoms with Gasteiger partial charge in [0.1, 0.15) is 11.1 Å². The topological polar surface area (TPSA) is 64.7 Å². The Hall–Kier alpha value is -6.72. The largest absolute Gasteiger partial charge is 0.454 e. The molecule has 0 atom stereocenters. The van der Waals surface area contributed by atoms with E-state index in [0.717, 1.165) is 76.9 Å². The molecule has 0 saturated carbocycles. The Morgan fingerprint density at radius 3 is 1.84 bits per heavy atom. The van der Waals surface area contributed by atoms with E-state index in [-0.39, 0.29) is 0 Å². The zero-order valence-corrected chi connectivity index (χ0v) is 26.2. The number of para-hydroxylation sites is 1. The van der Waals surface area contributed by atoms with Crippen LogP contribution in [0.1, 0.15) is 0 Å². The van der Waals surface area contributed by atoms with Crippen LogP contribution in [-0.2, 0) is 0 Å². The van der Waals surface area contributed by atoms with Crippen molar-refractivity contribution in [2.75, 3.05) is 0 Å². The van der Waals surface area contributed by atoms with Crippen LogP contribution in [-0.4, -0.2) is 19.9 Å². The van der Waals surface area contributed by atoms with Gasteiger partial charge in [-0.15, -0.1) is 0 Å². The summed E-state index contributed by atoms with van der Waals surface area (Å²) >= 11 is 0. The molecular weight excluding hydrogens is 601 g/mol. The maximum atomic E-state index is 6.35. The zero-order valence-electron chi connectivity index (χ0n) is 26.2. The maximum absolute atomic E-state index is 6.35. The number of benzene rings is 7. The van der Waals surface area contributed by atoms with Gasteiger partial charge < -0.3 is 4.42 Å². The Bertz CT molecular complexity index is 2890. The first-order valence-corrected chi connectivity index (χ1v) is 16.3. The molecule has 3 heterocycles. The van der Waals surface area contributed by atoms with Crippen LogP contribution >= 0.6 is 0 Å². The molecule has 5 heteroatoms. The molecule has 228 valence electrons. The van der Waals surface area contributed by atoms with E-state index in [1.54, 1.807) is 0 Å². The molecule has 0 amide bonds. The van der Waals surface area contributed by atoms with Crippen LogP contribution in [0.15, 0.2) is 162 Å². The van der Waals surface area contributed by atoms with Gasteiger partial charge in [-0.05, 0) is 63.0 Å². The molecule has 0 aliphatic heterocycles. The lowest BCUT2D eigenvalue weighted by atomic mass is 9.94. The highest BCUT2D eigenvalue weighted by Crippen LogP contribution is 2.40.